The van der Waals surface area contributed by atoms with Crippen LogP contribution in [0.2, 0.25) is 0 Å². The van der Waals surface area contributed by atoms with E-state index < -0.39 is 0 Å². The van der Waals surface area contributed by atoms with E-state index in [0.717, 1.165) is 44.0 Å². The minimum atomic E-state index is -0.00497. The number of aromatic nitrogens is 3. The maximum Gasteiger partial charge on any atom is 0.272 e. The van der Waals surface area contributed by atoms with Crippen molar-refractivity contribution in [2.45, 2.75) is 31.7 Å². The van der Waals surface area contributed by atoms with Gasteiger partial charge in [0.1, 0.15) is 11.5 Å². The van der Waals surface area contributed by atoms with E-state index in [1.807, 2.05) is 36.2 Å². The molecule has 1 spiro atoms. The number of rotatable bonds is 2. The zero-order valence-electron chi connectivity index (χ0n) is 14.7. The molecule has 0 radical (unpaired) electrons. The number of thiophene rings is 1. The Balaban J connectivity index is 1.43. The highest BCUT2D eigenvalue weighted by Crippen LogP contribution is 2.44. The first kappa shape index (κ1) is 15.8. The van der Waals surface area contributed by atoms with Crippen LogP contribution in [0.25, 0.3) is 10.6 Å². The van der Waals surface area contributed by atoms with Crippen LogP contribution in [-0.2, 0) is 12.0 Å². The van der Waals surface area contributed by atoms with Crippen LogP contribution in [0.1, 0.15) is 34.8 Å². The van der Waals surface area contributed by atoms with Crippen molar-refractivity contribution >= 4 is 17.2 Å². The number of aryl methyl sites for hydroxylation is 1. The Labute approximate surface area is 156 Å². The van der Waals surface area contributed by atoms with Crippen LogP contribution in [-0.4, -0.2) is 38.4 Å². The Morgan fingerprint density at radius 2 is 2.08 bits per heavy atom. The summed E-state index contributed by atoms with van der Waals surface area (Å²) in [6.45, 7) is 4.41. The Kier molecular flexibility index (Phi) is 3.50. The van der Waals surface area contributed by atoms with E-state index >= 15 is 0 Å². The average molecular weight is 364 g/mol. The van der Waals surface area contributed by atoms with Gasteiger partial charge in [-0.25, -0.2) is 9.97 Å². The summed E-state index contributed by atoms with van der Waals surface area (Å²) >= 11 is 1.75. The summed E-state index contributed by atoms with van der Waals surface area (Å²) in [6.07, 6.45) is 4.03. The molecule has 1 atom stereocenters. The minimum Gasteiger partial charge on any atom is -0.336 e. The highest BCUT2D eigenvalue weighted by molar-refractivity contribution is 7.13. The van der Waals surface area contributed by atoms with E-state index in [9.17, 15) is 4.79 Å². The van der Waals surface area contributed by atoms with Crippen molar-refractivity contribution in [2.24, 2.45) is 0 Å². The van der Waals surface area contributed by atoms with E-state index in [0.29, 0.717) is 5.69 Å². The van der Waals surface area contributed by atoms with Gasteiger partial charge < -0.3 is 9.47 Å². The number of nitrogens with zero attached hydrogens (tertiary/aromatic N) is 4. The third-order valence-corrected chi connectivity index (χ3v) is 6.56. The molecule has 5 rings (SSSR count). The predicted molar refractivity (Wildman–Crippen MR) is 101 cm³/mol. The molecule has 0 aromatic carbocycles. The monoisotopic (exact) mass is 364 g/mol. The second kappa shape index (κ2) is 5.77. The van der Waals surface area contributed by atoms with Crippen molar-refractivity contribution in [3.05, 3.63) is 59.1 Å². The number of carbonyl (C=O) groups is 1. The quantitative estimate of drug-likeness (QED) is 0.699. The number of imidazole rings is 1. The first-order valence-corrected chi connectivity index (χ1v) is 9.87. The van der Waals surface area contributed by atoms with Crippen LogP contribution in [0, 0.1) is 6.92 Å². The van der Waals surface area contributed by atoms with E-state index in [-0.39, 0.29) is 11.3 Å². The number of hydrogen-bond acceptors (Lipinski definition) is 4. The van der Waals surface area contributed by atoms with E-state index in [1.54, 1.807) is 11.3 Å². The van der Waals surface area contributed by atoms with Gasteiger partial charge in [-0.1, -0.05) is 12.1 Å². The van der Waals surface area contributed by atoms with Crippen LogP contribution in [0.4, 0.5) is 0 Å². The molecule has 0 aliphatic carbocycles. The van der Waals surface area contributed by atoms with E-state index in [4.69, 9.17) is 4.98 Å². The molecular formula is C20H20N4OS. The fourth-order valence-electron chi connectivity index (χ4n) is 4.34. The standard InChI is InChI=1S/C20H20N4OS/c1-14-4-2-5-15(22-14)18(25)23-9-7-20(13-23)8-10-24-16(12-21-19(20)24)17-6-3-11-26-17/h2-6,11-12H,7-10,13H2,1H3. The Bertz CT molecular complexity index is 978. The van der Waals surface area contributed by atoms with Gasteiger partial charge in [-0.2, -0.15) is 0 Å². The van der Waals surface area contributed by atoms with Crippen molar-refractivity contribution in [3.8, 4) is 10.6 Å². The number of pyridine rings is 1. The van der Waals surface area contributed by atoms with Gasteiger partial charge in [-0.15, -0.1) is 11.3 Å². The summed E-state index contributed by atoms with van der Waals surface area (Å²) < 4.78 is 2.35. The maximum absolute atomic E-state index is 12.9. The maximum atomic E-state index is 12.9. The molecule has 2 aliphatic rings. The van der Waals surface area contributed by atoms with Gasteiger partial charge in [0, 0.05) is 30.7 Å². The molecule has 1 unspecified atom stereocenters. The second-order valence-corrected chi connectivity index (χ2v) is 8.21. The molecule has 0 bridgehead atoms. The minimum absolute atomic E-state index is 0.00497. The molecule has 1 saturated heterocycles. The van der Waals surface area contributed by atoms with Crippen LogP contribution < -0.4 is 0 Å². The SMILES string of the molecule is Cc1cccc(C(=O)N2CCC3(CCn4c(-c5cccs5)cnc43)C2)n1. The molecule has 1 fully saturated rings. The Morgan fingerprint density at radius 1 is 1.19 bits per heavy atom. The summed E-state index contributed by atoms with van der Waals surface area (Å²) in [5.74, 6) is 1.18. The lowest BCUT2D eigenvalue weighted by Gasteiger charge is -2.22. The largest absolute Gasteiger partial charge is 0.336 e. The topological polar surface area (TPSA) is 51.0 Å². The number of carbonyl (C=O) groups excluding carboxylic acids is 1. The summed E-state index contributed by atoms with van der Waals surface area (Å²) in [4.78, 5) is 25.3. The van der Waals surface area contributed by atoms with Crippen LogP contribution >= 0.6 is 11.3 Å². The number of amides is 1. The molecule has 1 amide bonds. The average Bonchev–Trinajstić information content (AvgIpc) is 3.41. The molecule has 5 heterocycles. The smallest absolute Gasteiger partial charge is 0.272 e. The summed E-state index contributed by atoms with van der Waals surface area (Å²) in [6, 6.07) is 9.85. The lowest BCUT2D eigenvalue weighted by molar-refractivity contribution is 0.0777. The zero-order valence-corrected chi connectivity index (χ0v) is 15.5. The molecule has 132 valence electrons. The van der Waals surface area contributed by atoms with Crippen LogP contribution in [0.3, 0.4) is 0 Å². The van der Waals surface area contributed by atoms with Crippen LogP contribution in [0.15, 0.2) is 41.9 Å². The zero-order chi connectivity index (χ0) is 17.7. The number of fused-ring (bicyclic) bond motifs is 2. The first-order valence-electron chi connectivity index (χ1n) is 8.99. The van der Waals surface area contributed by atoms with Gasteiger partial charge in [-0.3, -0.25) is 4.79 Å². The van der Waals surface area contributed by atoms with Crippen molar-refractivity contribution in [1.29, 1.82) is 0 Å². The fraction of sp³-hybridized carbons (Fsp3) is 0.350. The third kappa shape index (κ3) is 2.32. The normalized spacial score (nSPS) is 21.5. The van der Waals surface area contributed by atoms with Gasteiger partial charge in [0.25, 0.3) is 5.91 Å². The molecule has 3 aromatic rings. The second-order valence-electron chi connectivity index (χ2n) is 7.27. The lowest BCUT2D eigenvalue weighted by atomic mass is 9.85. The van der Waals surface area contributed by atoms with Gasteiger partial charge in [0.05, 0.1) is 16.8 Å². The summed E-state index contributed by atoms with van der Waals surface area (Å²) in [5.41, 5.74) is 2.62. The highest BCUT2D eigenvalue weighted by Gasteiger charge is 2.48. The Hall–Kier alpha value is -2.47. The molecule has 2 aliphatic heterocycles. The molecule has 0 N–H and O–H groups in total. The summed E-state index contributed by atoms with van der Waals surface area (Å²) in [7, 11) is 0. The van der Waals surface area contributed by atoms with Crippen molar-refractivity contribution in [1.82, 2.24) is 19.4 Å². The molecule has 5 nitrogen and oxygen atoms in total. The van der Waals surface area contributed by atoms with E-state index in [2.05, 4.69) is 27.1 Å². The third-order valence-electron chi connectivity index (χ3n) is 5.67. The van der Waals surface area contributed by atoms with Gasteiger partial charge in [-0.05, 0) is 43.3 Å². The Morgan fingerprint density at radius 3 is 2.88 bits per heavy atom. The van der Waals surface area contributed by atoms with Gasteiger partial charge in [0.2, 0.25) is 0 Å². The summed E-state index contributed by atoms with van der Waals surface area (Å²) in [5, 5.41) is 2.10. The van der Waals surface area contributed by atoms with Crippen molar-refractivity contribution in [2.75, 3.05) is 13.1 Å². The van der Waals surface area contributed by atoms with E-state index in [1.165, 1.54) is 10.6 Å². The highest BCUT2D eigenvalue weighted by atomic mass is 32.1. The van der Waals surface area contributed by atoms with Gasteiger partial charge >= 0.3 is 0 Å². The molecule has 3 aromatic heterocycles. The van der Waals surface area contributed by atoms with Crippen molar-refractivity contribution in [3.63, 3.8) is 0 Å². The predicted octanol–water partition coefficient (Wildman–Crippen LogP) is 3.50. The molecular weight excluding hydrogens is 344 g/mol. The van der Waals surface area contributed by atoms with Crippen molar-refractivity contribution < 1.29 is 4.79 Å². The lowest BCUT2D eigenvalue weighted by Crippen LogP contribution is -2.34. The number of likely N-dealkylation sites (tertiary alicyclic amines) is 1. The molecule has 0 saturated carbocycles. The fourth-order valence-corrected chi connectivity index (χ4v) is 5.08. The molecule has 6 heteroatoms. The molecule has 26 heavy (non-hydrogen) atoms. The number of hydrogen-bond donors (Lipinski definition) is 0. The van der Waals surface area contributed by atoms with Gasteiger partial charge in [0.15, 0.2) is 0 Å². The van der Waals surface area contributed by atoms with Crippen LogP contribution in [0.5, 0.6) is 0 Å². The first-order chi connectivity index (χ1) is 12.7.